The Morgan fingerprint density at radius 3 is 1.67 bits per heavy atom. The topological polar surface area (TPSA) is 3.24 Å². The van der Waals surface area contributed by atoms with Crippen molar-refractivity contribution in [2.75, 3.05) is 4.90 Å². The molecule has 10 aromatic carbocycles. The second-order valence-electron chi connectivity index (χ2n) is 18.7. The van der Waals surface area contributed by atoms with Crippen molar-refractivity contribution in [1.29, 1.82) is 0 Å². The molecule has 3 aliphatic carbocycles. The van der Waals surface area contributed by atoms with Crippen LogP contribution in [0.2, 0.25) is 0 Å². The van der Waals surface area contributed by atoms with E-state index < -0.39 is 5.41 Å². The van der Waals surface area contributed by atoms with Crippen molar-refractivity contribution in [2.24, 2.45) is 0 Å². The van der Waals surface area contributed by atoms with Crippen LogP contribution in [-0.4, -0.2) is 0 Å². The molecule has 0 saturated carbocycles. The Balaban J connectivity index is 1.08. The summed E-state index contributed by atoms with van der Waals surface area (Å²) in [6, 6.07) is 84.7. The normalized spacial score (nSPS) is 15.6. The number of thiophene rings is 1. The van der Waals surface area contributed by atoms with E-state index in [0.29, 0.717) is 0 Å². The summed E-state index contributed by atoms with van der Waals surface area (Å²) < 4.78 is 2.69. The molecule has 0 saturated heterocycles. The van der Waals surface area contributed by atoms with Gasteiger partial charge in [-0.3, -0.25) is 0 Å². The minimum absolute atomic E-state index is 0.152. The number of benzene rings is 10. The molecule has 1 atom stereocenters. The highest BCUT2D eigenvalue weighted by atomic mass is 32.1. The van der Waals surface area contributed by atoms with Gasteiger partial charge in [0.05, 0.1) is 11.1 Å². The molecule has 1 nitrogen and oxygen atoms in total. The van der Waals surface area contributed by atoms with E-state index in [1.165, 1.54) is 109 Å². The molecule has 0 amide bonds. The van der Waals surface area contributed by atoms with Gasteiger partial charge in [-0.15, -0.1) is 11.3 Å². The van der Waals surface area contributed by atoms with Crippen LogP contribution in [0, 0.1) is 0 Å². The van der Waals surface area contributed by atoms with Gasteiger partial charge in [0.15, 0.2) is 0 Å². The van der Waals surface area contributed by atoms with Crippen molar-refractivity contribution in [3.63, 3.8) is 0 Å². The van der Waals surface area contributed by atoms with Crippen LogP contribution in [0.25, 0.3) is 75.8 Å². The first kappa shape index (κ1) is 37.6. The van der Waals surface area contributed by atoms with E-state index in [2.05, 4.69) is 243 Å². The van der Waals surface area contributed by atoms with E-state index in [1.54, 1.807) is 0 Å². The highest BCUT2D eigenvalue weighted by Gasteiger charge is 2.50. The molecular weight excluding hydrogens is 815 g/mol. The standard InChI is InChI=1S/C64H43NS/c1-63(2)53-27-13-8-24-47(53)48-34-32-42(39-58(48)63)65(59-30-16-11-20-43(59)40-18-4-3-5-19-40)41-33-36-56-52(38-41)45-22-7-6-21-44(45)46-23-9-14-28-54(46)64(56)55-29-15-10-26-51(55)61-57(64)37-35-50-49-25-12-17-31-60(49)66-62(50)61/h3-39H,1-2H3. The van der Waals surface area contributed by atoms with E-state index >= 15 is 0 Å². The molecular formula is C64H43NS. The third-order valence-corrected chi connectivity index (χ3v) is 16.3. The average Bonchev–Trinajstić information content (AvgIpc) is 3.95. The van der Waals surface area contributed by atoms with Gasteiger partial charge in [0, 0.05) is 48.1 Å². The predicted molar refractivity (Wildman–Crippen MR) is 279 cm³/mol. The summed E-state index contributed by atoms with van der Waals surface area (Å²) in [5.41, 5.74) is 23.4. The maximum atomic E-state index is 2.52. The molecule has 14 rings (SSSR count). The molecule has 0 radical (unpaired) electrons. The third kappa shape index (κ3) is 5.00. The van der Waals surface area contributed by atoms with Crippen LogP contribution < -0.4 is 4.90 Å². The number of nitrogens with zero attached hydrogens (tertiary/aromatic N) is 1. The summed E-state index contributed by atoms with van der Waals surface area (Å²) >= 11 is 1.93. The second kappa shape index (κ2) is 13.9. The van der Waals surface area contributed by atoms with Crippen molar-refractivity contribution >= 4 is 48.6 Å². The fourth-order valence-electron chi connectivity index (χ4n) is 12.3. The first-order chi connectivity index (χ1) is 32.5. The molecule has 2 heteroatoms. The van der Waals surface area contributed by atoms with Gasteiger partial charge in [0.2, 0.25) is 0 Å². The summed E-state index contributed by atoms with van der Waals surface area (Å²) in [5.74, 6) is 0. The van der Waals surface area contributed by atoms with Crippen molar-refractivity contribution in [3.8, 4) is 55.6 Å². The van der Waals surface area contributed by atoms with Crippen LogP contribution >= 0.6 is 11.3 Å². The van der Waals surface area contributed by atoms with E-state index in [1.807, 2.05) is 11.3 Å². The van der Waals surface area contributed by atoms with E-state index in [9.17, 15) is 0 Å². The molecule has 3 aliphatic rings. The molecule has 1 heterocycles. The van der Waals surface area contributed by atoms with Gasteiger partial charge < -0.3 is 4.90 Å². The molecule has 0 bridgehead atoms. The maximum Gasteiger partial charge on any atom is 0.0726 e. The molecule has 0 N–H and O–H groups in total. The highest BCUT2D eigenvalue weighted by molar-refractivity contribution is 7.26. The zero-order chi connectivity index (χ0) is 43.7. The zero-order valence-electron chi connectivity index (χ0n) is 36.7. The van der Waals surface area contributed by atoms with Gasteiger partial charge >= 0.3 is 0 Å². The Morgan fingerprint density at radius 2 is 0.879 bits per heavy atom. The lowest BCUT2D eigenvalue weighted by Crippen LogP contribution is -2.29. The van der Waals surface area contributed by atoms with E-state index in [4.69, 9.17) is 0 Å². The SMILES string of the molecule is CC1(C)c2ccccc2-c2ccc(N(c3ccc4c(c3)-c3ccccc3-c3ccccc3C43c4ccccc4-c4c3ccc3c4sc4ccccc43)c3ccccc3-c3ccccc3)cc21. The third-order valence-electron chi connectivity index (χ3n) is 15.1. The Kier molecular flexibility index (Phi) is 7.89. The highest BCUT2D eigenvalue weighted by Crippen LogP contribution is 2.64. The monoisotopic (exact) mass is 857 g/mol. The van der Waals surface area contributed by atoms with Gasteiger partial charge in [-0.1, -0.05) is 202 Å². The largest absolute Gasteiger partial charge is 0.310 e. The maximum absolute atomic E-state index is 2.52. The summed E-state index contributed by atoms with van der Waals surface area (Å²) in [4.78, 5) is 2.52. The minimum atomic E-state index is -0.587. The second-order valence-corrected chi connectivity index (χ2v) is 19.8. The molecule has 1 unspecified atom stereocenters. The fourth-order valence-corrected chi connectivity index (χ4v) is 13.5. The van der Waals surface area contributed by atoms with E-state index in [-0.39, 0.29) is 5.41 Å². The lowest BCUT2D eigenvalue weighted by Gasteiger charge is -2.36. The number of hydrogen-bond acceptors (Lipinski definition) is 2. The molecule has 11 aromatic rings. The number of rotatable bonds is 4. The Morgan fingerprint density at radius 1 is 0.348 bits per heavy atom. The summed E-state index contributed by atoms with van der Waals surface area (Å²) in [6.45, 7) is 4.76. The smallest absolute Gasteiger partial charge is 0.0726 e. The van der Waals surface area contributed by atoms with Crippen molar-refractivity contribution < 1.29 is 0 Å². The Hall–Kier alpha value is -7.78. The quantitative estimate of drug-likeness (QED) is 0.170. The summed E-state index contributed by atoms with van der Waals surface area (Å²) in [5, 5.41) is 2.66. The molecule has 0 aliphatic heterocycles. The number of hydrogen-bond donors (Lipinski definition) is 0. The first-order valence-corrected chi connectivity index (χ1v) is 23.9. The van der Waals surface area contributed by atoms with Crippen LogP contribution in [0.15, 0.2) is 224 Å². The molecule has 66 heavy (non-hydrogen) atoms. The van der Waals surface area contributed by atoms with Gasteiger partial charge in [-0.25, -0.2) is 0 Å². The van der Waals surface area contributed by atoms with Gasteiger partial charge in [-0.05, 0) is 114 Å². The van der Waals surface area contributed by atoms with Crippen molar-refractivity contribution in [2.45, 2.75) is 24.7 Å². The zero-order valence-corrected chi connectivity index (χ0v) is 37.5. The fraction of sp³-hybridized carbons (Fsp3) is 0.0625. The van der Waals surface area contributed by atoms with Crippen molar-refractivity contribution in [1.82, 2.24) is 0 Å². The summed E-state index contributed by atoms with van der Waals surface area (Å²) in [6.07, 6.45) is 0. The Bertz CT molecular complexity index is 3810. The Labute approximate surface area is 389 Å². The first-order valence-electron chi connectivity index (χ1n) is 23.1. The van der Waals surface area contributed by atoms with Gasteiger partial charge in [0.1, 0.15) is 0 Å². The van der Waals surface area contributed by atoms with Crippen LogP contribution in [0.5, 0.6) is 0 Å². The lowest BCUT2D eigenvalue weighted by atomic mass is 9.66. The predicted octanol–water partition coefficient (Wildman–Crippen LogP) is 17.5. The number of fused-ring (bicyclic) bond motifs is 19. The molecule has 1 aromatic heterocycles. The van der Waals surface area contributed by atoms with Crippen molar-refractivity contribution in [3.05, 3.63) is 258 Å². The summed E-state index contributed by atoms with van der Waals surface area (Å²) in [7, 11) is 0. The minimum Gasteiger partial charge on any atom is -0.310 e. The van der Waals surface area contributed by atoms with Crippen LogP contribution in [0.1, 0.15) is 47.2 Å². The van der Waals surface area contributed by atoms with Crippen LogP contribution in [-0.2, 0) is 10.8 Å². The number of anilines is 3. The van der Waals surface area contributed by atoms with Gasteiger partial charge in [0.25, 0.3) is 0 Å². The van der Waals surface area contributed by atoms with E-state index in [0.717, 1.165) is 17.1 Å². The van der Waals surface area contributed by atoms with Crippen LogP contribution in [0.4, 0.5) is 17.1 Å². The lowest BCUT2D eigenvalue weighted by molar-refractivity contribution is 0.660. The molecule has 1 spiro atoms. The molecule has 0 fully saturated rings. The van der Waals surface area contributed by atoms with Crippen LogP contribution in [0.3, 0.4) is 0 Å². The van der Waals surface area contributed by atoms with Gasteiger partial charge in [-0.2, -0.15) is 0 Å². The number of para-hydroxylation sites is 1. The average molecular weight is 858 g/mol. The molecule has 310 valence electrons.